The second-order valence-corrected chi connectivity index (χ2v) is 10.2. The molecule has 4 aromatic rings. The number of carbonyl (C=O) groups excluding carboxylic acids is 2. The normalized spacial score (nSPS) is 17.9. The number of piperidine rings is 1. The summed E-state index contributed by atoms with van der Waals surface area (Å²) in [6.45, 7) is 0.126. The number of nitrogens with one attached hydrogen (secondary N) is 1. The number of amides is 2. The molecule has 1 fully saturated rings. The van der Waals surface area contributed by atoms with Gasteiger partial charge in [0.2, 0.25) is 0 Å². The Morgan fingerprint density at radius 2 is 1.67 bits per heavy atom. The van der Waals surface area contributed by atoms with Crippen molar-refractivity contribution in [3.05, 3.63) is 88.0 Å². The van der Waals surface area contributed by atoms with Gasteiger partial charge >= 0.3 is 12.4 Å². The van der Waals surface area contributed by atoms with E-state index < -0.39 is 47.4 Å². The van der Waals surface area contributed by atoms with E-state index in [9.17, 15) is 35.9 Å². The number of carbonyl (C=O) groups is 2. The average Bonchev–Trinajstić information content (AvgIpc) is 3.35. The van der Waals surface area contributed by atoms with Gasteiger partial charge in [0.1, 0.15) is 11.2 Å². The van der Waals surface area contributed by atoms with Gasteiger partial charge in [-0.2, -0.15) is 31.4 Å². The van der Waals surface area contributed by atoms with E-state index in [1.165, 1.54) is 48.6 Å². The summed E-state index contributed by atoms with van der Waals surface area (Å²) in [6.07, 6.45) is -6.27. The predicted octanol–water partition coefficient (Wildman–Crippen LogP) is 5.48. The number of hydrogen-bond acceptors (Lipinski definition) is 5. The monoisotopic (exact) mass is 610 g/mol. The van der Waals surface area contributed by atoms with E-state index in [1.54, 1.807) is 0 Å². The summed E-state index contributed by atoms with van der Waals surface area (Å²) in [5.74, 6) is -1.96. The smallest absolute Gasteiger partial charge is 0.347 e. The first-order valence-electron chi connectivity index (χ1n) is 12.5. The predicted molar refractivity (Wildman–Crippen MR) is 139 cm³/mol. The molecule has 0 bridgehead atoms. The van der Waals surface area contributed by atoms with Crippen molar-refractivity contribution in [3.63, 3.8) is 0 Å². The second kappa shape index (κ2) is 10.9. The number of aromatic nitrogens is 4. The van der Waals surface area contributed by atoms with Crippen LogP contribution in [0.15, 0.2) is 54.9 Å². The summed E-state index contributed by atoms with van der Waals surface area (Å²) < 4.78 is 79.8. The fraction of sp³-hybridized carbons (Fsp3) is 0.296. The molecule has 0 aliphatic carbocycles. The minimum atomic E-state index is -4.76. The van der Waals surface area contributed by atoms with Crippen molar-refractivity contribution in [1.82, 2.24) is 30.0 Å². The van der Waals surface area contributed by atoms with Crippen LogP contribution in [0.5, 0.6) is 0 Å². The zero-order valence-corrected chi connectivity index (χ0v) is 22.4. The van der Waals surface area contributed by atoms with E-state index in [-0.39, 0.29) is 35.8 Å². The third kappa shape index (κ3) is 5.89. The van der Waals surface area contributed by atoms with Crippen LogP contribution >= 0.6 is 11.6 Å². The molecule has 220 valence electrons. The summed E-state index contributed by atoms with van der Waals surface area (Å²) in [6, 6.07) is 7.17. The standard InChI is InChI=1S/C27H21ClF6N6O2/c1-39-21(12-22(38-39)27(32,33)34)24(41)37-19-6-9-40(13-17(19)14-2-4-16(5-3-14)26(29,30)31)25(42)15-10-18(28)23-20(11-15)35-7-8-36-23/h2-5,7-8,10-12,17,19H,6,9,13H2,1H3,(H,37,41)/t17-,19+/m0/s1. The Kier molecular flexibility index (Phi) is 7.60. The number of hydrogen-bond donors (Lipinski definition) is 1. The Bertz CT molecular complexity index is 1650. The first-order valence-corrected chi connectivity index (χ1v) is 12.9. The van der Waals surface area contributed by atoms with Gasteiger partial charge in [-0.25, -0.2) is 0 Å². The van der Waals surface area contributed by atoms with Crippen LogP contribution in [0.25, 0.3) is 11.0 Å². The Hall–Kier alpha value is -4.20. The first-order chi connectivity index (χ1) is 19.7. The van der Waals surface area contributed by atoms with Crippen LogP contribution in [0.4, 0.5) is 26.3 Å². The van der Waals surface area contributed by atoms with E-state index in [1.807, 2.05) is 0 Å². The Morgan fingerprint density at radius 3 is 2.31 bits per heavy atom. The number of nitrogens with zero attached hydrogens (tertiary/aromatic N) is 5. The first kappa shape index (κ1) is 29.3. The molecule has 5 rings (SSSR count). The highest BCUT2D eigenvalue weighted by atomic mass is 35.5. The van der Waals surface area contributed by atoms with E-state index in [0.29, 0.717) is 22.7 Å². The van der Waals surface area contributed by atoms with Gasteiger partial charge in [0.15, 0.2) is 5.69 Å². The second-order valence-electron chi connectivity index (χ2n) is 9.76. The van der Waals surface area contributed by atoms with E-state index in [2.05, 4.69) is 20.4 Å². The van der Waals surface area contributed by atoms with Crippen LogP contribution in [0, 0.1) is 0 Å². The van der Waals surface area contributed by atoms with Gasteiger partial charge in [-0.3, -0.25) is 24.2 Å². The summed E-state index contributed by atoms with van der Waals surface area (Å²) in [5.41, 5.74) is -1.05. The molecule has 2 aromatic carbocycles. The van der Waals surface area contributed by atoms with Crippen molar-refractivity contribution < 1.29 is 35.9 Å². The van der Waals surface area contributed by atoms with Gasteiger partial charge < -0.3 is 10.2 Å². The molecular formula is C27H21ClF6N6O2. The van der Waals surface area contributed by atoms with Gasteiger partial charge in [0, 0.05) is 56.1 Å². The molecule has 8 nitrogen and oxygen atoms in total. The molecule has 1 saturated heterocycles. The quantitative estimate of drug-likeness (QED) is 0.309. The molecule has 1 aliphatic rings. The maximum absolute atomic E-state index is 13.5. The van der Waals surface area contributed by atoms with E-state index in [0.717, 1.165) is 16.8 Å². The largest absolute Gasteiger partial charge is 0.435 e. The average molecular weight is 611 g/mol. The minimum Gasteiger partial charge on any atom is -0.347 e. The molecule has 15 heteroatoms. The van der Waals surface area contributed by atoms with Crippen molar-refractivity contribution in [1.29, 1.82) is 0 Å². The highest BCUT2D eigenvalue weighted by Crippen LogP contribution is 2.34. The topological polar surface area (TPSA) is 93.0 Å². The fourth-order valence-corrected chi connectivity index (χ4v) is 5.23. The molecule has 0 radical (unpaired) electrons. The number of aryl methyl sites for hydroxylation is 1. The Morgan fingerprint density at radius 1 is 0.976 bits per heavy atom. The maximum atomic E-state index is 13.5. The molecule has 0 unspecified atom stereocenters. The van der Waals surface area contributed by atoms with Crippen molar-refractivity contribution >= 4 is 34.4 Å². The van der Waals surface area contributed by atoms with Gasteiger partial charge in [0.25, 0.3) is 11.8 Å². The summed E-state index contributed by atoms with van der Waals surface area (Å²) in [5, 5.41) is 6.26. The molecule has 1 aliphatic heterocycles. The van der Waals surface area contributed by atoms with Crippen LogP contribution in [0.3, 0.4) is 0 Å². The minimum absolute atomic E-state index is 0.00947. The lowest BCUT2D eigenvalue weighted by molar-refractivity contribution is -0.141. The van der Waals surface area contributed by atoms with Gasteiger partial charge in [-0.1, -0.05) is 23.7 Å². The zero-order valence-electron chi connectivity index (χ0n) is 21.7. The molecule has 42 heavy (non-hydrogen) atoms. The molecule has 0 saturated carbocycles. The highest BCUT2D eigenvalue weighted by Gasteiger charge is 2.38. The molecule has 2 amide bonds. The van der Waals surface area contributed by atoms with Crippen molar-refractivity contribution in [3.8, 4) is 0 Å². The van der Waals surface area contributed by atoms with Crippen molar-refractivity contribution in [2.75, 3.05) is 13.1 Å². The molecule has 2 atom stereocenters. The lowest BCUT2D eigenvalue weighted by Crippen LogP contribution is -2.51. The molecule has 0 spiro atoms. The summed E-state index contributed by atoms with van der Waals surface area (Å²) >= 11 is 6.31. The number of alkyl halides is 6. The maximum Gasteiger partial charge on any atom is 0.435 e. The van der Waals surface area contributed by atoms with Crippen LogP contribution in [-0.4, -0.2) is 55.6 Å². The van der Waals surface area contributed by atoms with Crippen LogP contribution < -0.4 is 5.32 Å². The molecule has 2 aromatic heterocycles. The number of halogens is 7. The third-order valence-corrected chi connectivity index (χ3v) is 7.35. The number of rotatable bonds is 4. The molecular weight excluding hydrogens is 590 g/mol. The van der Waals surface area contributed by atoms with Crippen LogP contribution in [0.2, 0.25) is 5.02 Å². The lowest BCUT2D eigenvalue weighted by atomic mass is 9.85. The van der Waals surface area contributed by atoms with E-state index >= 15 is 0 Å². The summed E-state index contributed by atoms with van der Waals surface area (Å²) in [4.78, 5) is 36.4. The highest BCUT2D eigenvalue weighted by molar-refractivity contribution is 6.35. The zero-order chi connectivity index (χ0) is 30.4. The van der Waals surface area contributed by atoms with Crippen LogP contribution in [-0.2, 0) is 19.4 Å². The van der Waals surface area contributed by atoms with Gasteiger partial charge in [-0.05, 0) is 36.2 Å². The molecule has 1 N–H and O–H groups in total. The Balaban J connectivity index is 1.44. The lowest BCUT2D eigenvalue weighted by Gasteiger charge is -2.39. The number of fused-ring (bicyclic) bond motifs is 1. The van der Waals surface area contributed by atoms with Gasteiger partial charge in [-0.15, -0.1) is 0 Å². The van der Waals surface area contributed by atoms with Gasteiger partial charge in [0.05, 0.1) is 16.1 Å². The fourth-order valence-electron chi connectivity index (χ4n) is 4.97. The number of benzene rings is 2. The third-order valence-electron chi connectivity index (χ3n) is 7.06. The molecule has 3 heterocycles. The Labute approximate surface area is 239 Å². The van der Waals surface area contributed by atoms with Crippen molar-refractivity contribution in [2.24, 2.45) is 7.05 Å². The van der Waals surface area contributed by atoms with Crippen molar-refractivity contribution in [2.45, 2.75) is 30.7 Å². The SMILES string of the molecule is Cn1nc(C(F)(F)F)cc1C(=O)N[C@@H]1CCN(C(=O)c2cc(Cl)c3nccnc3c2)C[C@H]1c1ccc(C(F)(F)F)cc1. The number of likely N-dealkylation sites (tertiary alicyclic amines) is 1. The van der Waals surface area contributed by atoms with Crippen LogP contribution in [0.1, 0.15) is 50.0 Å². The van der Waals surface area contributed by atoms with E-state index in [4.69, 9.17) is 11.6 Å². The summed E-state index contributed by atoms with van der Waals surface area (Å²) in [7, 11) is 1.19.